The van der Waals surface area contributed by atoms with Gasteiger partial charge in [-0.15, -0.1) is 0 Å². The van der Waals surface area contributed by atoms with Gasteiger partial charge in [0.25, 0.3) is 5.91 Å². The van der Waals surface area contributed by atoms with Gasteiger partial charge < -0.3 is 4.90 Å². The Morgan fingerprint density at radius 2 is 1.87 bits per heavy atom. The van der Waals surface area contributed by atoms with Gasteiger partial charge in [-0.2, -0.15) is 11.8 Å². The van der Waals surface area contributed by atoms with Crippen molar-refractivity contribution in [2.75, 3.05) is 18.8 Å². The molecule has 1 aliphatic heterocycles. The lowest BCUT2D eigenvalue weighted by Gasteiger charge is -2.20. The summed E-state index contributed by atoms with van der Waals surface area (Å²) in [4.78, 5) is 14.5. The van der Waals surface area contributed by atoms with Gasteiger partial charge in [0.1, 0.15) is 5.82 Å². The quantitative estimate of drug-likeness (QED) is 0.811. The van der Waals surface area contributed by atoms with E-state index in [1.54, 1.807) is 12.1 Å². The highest BCUT2D eigenvalue weighted by Crippen LogP contribution is 2.36. The zero-order valence-electron chi connectivity index (χ0n) is 13.2. The average Bonchev–Trinajstić information content (AvgIpc) is 2.81. The highest BCUT2D eigenvalue weighted by molar-refractivity contribution is 7.99. The van der Waals surface area contributed by atoms with Crippen LogP contribution in [0.3, 0.4) is 0 Å². The molecule has 0 aliphatic carbocycles. The van der Waals surface area contributed by atoms with Crippen LogP contribution in [-0.4, -0.2) is 29.6 Å². The van der Waals surface area contributed by atoms with Crippen molar-refractivity contribution in [3.8, 4) is 0 Å². The first-order chi connectivity index (χ1) is 11.1. The Morgan fingerprint density at radius 1 is 1.13 bits per heavy atom. The summed E-state index contributed by atoms with van der Waals surface area (Å²) < 4.78 is 13.0. The number of carbonyl (C=O) groups is 1. The van der Waals surface area contributed by atoms with Crippen LogP contribution in [0.2, 0.25) is 0 Å². The molecule has 1 amide bonds. The highest BCUT2D eigenvalue weighted by Gasteiger charge is 2.23. The largest absolute Gasteiger partial charge is 0.338 e. The van der Waals surface area contributed by atoms with E-state index >= 15 is 0 Å². The molecule has 23 heavy (non-hydrogen) atoms. The molecule has 0 radical (unpaired) electrons. The molecule has 3 rings (SSSR count). The van der Waals surface area contributed by atoms with E-state index < -0.39 is 0 Å². The molecule has 0 aromatic heterocycles. The van der Waals surface area contributed by atoms with Crippen LogP contribution in [-0.2, 0) is 0 Å². The van der Waals surface area contributed by atoms with Gasteiger partial charge in [-0.05, 0) is 48.7 Å². The Bertz CT molecular complexity index is 686. The predicted octanol–water partition coefficient (Wildman–Crippen LogP) is 4.45. The van der Waals surface area contributed by atoms with E-state index in [1.807, 2.05) is 16.7 Å². The van der Waals surface area contributed by atoms with E-state index in [0.29, 0.717) is 10.8 Å². The summed E-state index contributed by atoms with van der Waals surface area (Å²) in [5, 5.41) is 0.433. The van der Waals surface area contributed by atoms with Crippen LogP contribution in [0, 0.1) is 12.7 Å². The van der Waals surface area contributed by atoms with Crippen LogP contribution in [0.5, 0.6) is 0 Å². The van der Waals surface area contributed by atoms with Crippen molar-refractivity contribution >= 4 is 17.7 Å². The maximum Gasteiger partial charge on any atom is 0.253 e. The fraction of sp³-hybridized carbons (Fsp3) is 0.316. The maximum atomic E-state index is 13.0. The second kappa shape index (κ2) is 7.18. The van der Waals surface area contributed by atoms with Crippen molar-refractivity contribution in [1.29, 1.82) is 0 Å². The summed E-state index contributed by atoms with van der Waals surface area (Å²) in [7, 11) is 0. The van der Waals surface area contributed by atoms with E-state index in [0.717, 1.165) is 25.3 Å². The first kappa shape index (κ1) is 16.1. The number of thioether (sulfide) groups is 1. The molecule has 0 N–H and O–H groups in total. The molecule has 4 heteroatoms. The molecule has 1 aliphatic rings. The Morgan fingerprint density at radius 3 is 2.61 bits per heavy atom. The number of nitrogens with zero attached hydrogens (tertiary/aromatic N) is 1. The molecule has 2 aromatic carbocycles. The number of benzene rings is 2. The molecule has 1 atom stereocenters. The molecule has 0 saturated carbocycles. The molecule has 1 heterocycles. The molecule has 1 saturated heterocycles. The lowest BCUT2D eigenvalue weighted by Crippen LogP contribution is -2.32. The number of halogens is 1. The van der Waals surface area contributed by atoms with Crippen LogP contribution in [0.1, 0.15) is 33.2 Å². The van der Waals surface area contributed by atoms with E-state index in [4.69, 9.17) is 0 Å². The molecule has 1 fully saturated rings. The van der Waals surface area contributed by atoms with Crippen molar-refractivity contribution in [1.82, 2.24) is 4.90 Å². The lowest BCUT2D eigenvalue weighted by atomic mass is 10.0. The summed E-state index contributed by atoms with van der Waals surface area (Å²) in [5.41, 5.74) is 3.24. The van der Waals surface area contributed by atoms with E-state index in [1.165, 1.54) is 23.3 Å². The first-order valence-electron chi connectivity index (χ1n) is 7.87. The van der Waals surface area contributed by atoms with Gasteiger partial charge in [-0.3, -0.25) is 4.79 Å². The number of aryl methyl sites for hydroxylation is 1. The second-order valence-corrected chi connectivity index (χ2v) is 7.11. The summed E-state index contributed by atoms with van der Waals surface area (Å²) in [6.07, 6.45) is 0.947. The van der Waals surface area contributed by atoms with Crippen LogP contribution >= 0.6 is 11.8 Å². The smallest absolute Gasteiger partial charge is 0.253 e. The highest BCUT2D eigenvalue weighted by atomic mass is 32.2. The van der Waals surface area contributed by atoms with Gasteiger partial charge in [0, 0.05) is 29.7 Å². The lowest BCUT2D eigenvalue weighted by molar-refractivity contribution is 0.0766. The van der Waals surface area contributed by atoms with Crippen LogP contribution in [0.15, 0.2) is 48.5 Å². The Balaban J connectivity index is 1.70. The summed E-state index contributed by atoms with van der Waals surface area (Å²) >= 11 is 1.92. The molecule has 2 aromatic rings. The third-order valence-corrected chi connectivity index (χ3v) is 5.57. The number of hydrogen-bond donors (Lipinski definition) is 0. The SMILES string of the molecule is Cc1ccccc1[C@H]1CCN(C(=O)c2ccc(F)cc2)CCS1. The van der Waals surface area contributed by atoms with Crippen LogP contribution in [0.25, 0.3) is 0 Å². The van der Waals surface area contributed by atoms with Crippen molar-refractivity contribution in [2.24, 2.45) is 0 Å². The number of amides is 1. The molecule has 120 valence electrons. The average molecular weight is 329 g/mol. The monoisotopic (exact) mass is 329 g/mol. The molecule has 0 bridgehead atoms. The van der Waals surface area contributed by atoms with E-state index in [-0.39, 0.29) is 11.7 Å². The summed E-state index contributed by atoms with van der Waals surface area (Å²) in [6.45, 7) is 3.62. The van der Waals surface area contributed by atoms with Crippen molar-refractivity contribution < 1.29 is 9.18 Å². The van der Waals surface area contributed by atoms with Gasteiger partial charge in [0.2, 0.25) is 0 Å². The van der Waals surface area contributed by atoms with Crippen LogP contribution < -0.4 is 0 Å². The molecular weight excluding hydrogens is 309 g/mol. The Labute approximate surface area is 140 Å². The van der Waals surface area contributed by atoms with Gasteiger partial charge >= 0.3 is 0 Å². The zero-order valence-corrected chi connectivity index (χ0v) is 14.0. The van der Waals surface area contributed by atoms with Gasteiger partial charge in [-0.1, -0.05) is 24.3 Å². The normalized spacial score (nSPS) is 18.5. The minimum atomic E-state index is -0.312. The van der Waals surface area contributed by atoms with Gasteiger partial charge in [0.05, 0.1) is 0 Å². The van der Waals surface area contributed by atoms with E-state index in [2.05, 4.69) is 31.2 Å². The maximum absolute atomic E-state index is 13.0. The topological polar surface area (TPSA) is 20.3 Å². The van der Waals surface area contributed by atoms with Crippen molar-refractivity contribution in [3.63, 3.8) is 0 Å². The van der Waals surface area contributed by atoms with Gasteiger partial charge in [-0.25, -0.2) is 4.39 Å². The van der Waals surface area contributed by atoms with Crippen molar-refractivity contribution in [3.05, 3.63) is 71.0 Å². The fourth-order valence-electron chi connectivity index (χ4n) is 2.94. The fourth-order valence-corrected chi connectivity index (χ4v) is 4.27. The Kier molecular flexibility index (Phi) is 5.01. The second-order valence-electron chi connectivity index (χ2n) is 5.80. The number of hydrogen-bond acceptors (Lipinski definition) is 2. The zero-order chi connectivity index (χ0) is 16.2. The standard InChI is InChI=1S/C19H20FNOS/c1-14-4-2-3-5-17(14)18-10-11-21(12-13-23-18)19(22)15-6-8-16(20)9-7-15/h2-9,18H,10-13H2,1H3/t18-/m1/s1. The molecular formula is C19H20FNOS. The minimum Gasteiger partial charge on any atom is -0.338 e. The third kappa shape index (κ3) is 3.75. The van der Waals surface area contributed by atoms with Crippen molar-refractivity contribution in [2.45, 2.75) is 18.6 Å². The molecule has 0 unspecified atom stereocenters. The van der Waals surface area contributed by atoms with Gasteiger partial charge in [0.15, 0.2) is 0 Å². The Hall–Kier alpha value is -1.81. The predicted molar refractivity (Wildman–Crippen MR) is 93.3 cm³/mol. The minimum absolute atomic E-state index is 0.00367. The third-order valence-electron chi connectivity index (χ3n) is 4.26. The van der Waals surface area contributed by atoms with E-state index in [9.17, 15) is 9.18 Å². The van der Waals surface area contributed by atoms with Crippen LogP contribution in [0.4, 0.5) is 4.39 Å². The molecule has 2 nitrogen and oxygen atoms in total. The first-order valence-corrected chi connectivity index (χ1v) is 8.92. The molecule has 0 spiro atoms. The summed E-state index contributed by atoms with van der Waals surface area (Å²) in [5.74, 6) is 0.606. The number of rotatable bonds is 2. The number of carbonyl (C=O) groups excluding carboxylic acids is 1. The summed E-state index contributed by atoms with van der Waals surface area (Å²) in [6, 6.07) is 14.3.